The van der Waals surface area contributed by atoms with Crippen molar-refractivity contribution in [3.8, 4) is 11.3 Å². The largest absolute Gasteiger partial charge is 0.326 e. The van der Waals surface area contributed by atoms with Gasteiger partial charge < -0.3 is 5.73 Å². The van der Waals surface area contributed by atoms with Gasteiger partial charge in [0.15, 0.2) is 0 Å². The van der Waals surface area contributed by atoms with E-state index in [4.69, 9.17) is 10.7 Å². The molecule has 0 fully saturated rings. The van der Waals surface area contributed by atoms with Gasteiger partial charge in [-0.05, 0) is 12.1 Å². The Morgan fingerprint density at radius 2 is 1.80 bits per heavy atom. The molecule has 3 rings (SSSR count). The summed E-state index contributed by atoms with van der Waals surface area (Å²) >= 11 is 1.67. The molecule has 0 radical (unpaired) electrons. The number of nitrogens with zero attached hydrogens (tertiary/aromatic N) is 2. The highest BCUT2D eigenvalue weighted by atomic mass is 32.1. The second kappa shape index (κ2) is 5.94. The molecule has 0 saturated heterocycles. The van der Waals surface area contributed by atoms with E-state index in [1.807, 2.05) is 42.6 Å². The van der Waals surface area contributed by atoms with Crippen molar-refractivity contribution in [3.63, 3.8) is 0 Å². The third kappa shape index (κ3) is 2.76. The van der Waals surface area contributed by atoms with E-state index in [9.17, 15) is 0 Å². The Hall–Kier alpha value is -2.04. The van der Waals surface area contributed by atoms with E-state index in [-0.39, 0.29) is 0 Å². The topological polar surface area (TPSA) is 51.8 Å². The van der Waals surface area contributed by atoms with Crippen LogP contribution in [0.5, 0.6) is 0 Å². The summed E-state index contributed by atoms with van der Waals surface area (Å²) in [5.74, 6) is 0. The molecular weight excluding hydrogens is 266 g/mol. The molecule has 0 amide bonds. The summed E-state index contributed by atoms with van der Waals surface area (Å²) in [5, 5.41) is 1.06. The molecule has 0 saturated carbocycles. The van der Waals surface area contributed by atoms with Crippen LogP contribution in [0.1, 0.15) is 15.6 Å². The van der Waals surface area contributed by atoms with Crippen LogP contribution in [0.2, 0.25) is 0 Å². The van der Waals surface area contributed by atoms with Crippen molar-refractivity contribution in [2.24, 2.45) is 5.73 Å². The molecule has 0 atom stereocenters. The first-order valence-corrected chi connectivity index (χ1v) is 7.32. The van der Waals surface area contributed by atoms with Crippen molar-refractivity contribution < 1.29 is 0 Å². The summed E-state index contributed by atoms with van der Waals surface area (Å²) in [6.45, 7) is 0.518. The van der Waals surface area contributed by atoms with Gasteiger partial charge in [-0.1, -0.05) is 36.4 Å². The molecule has 0 aliphatic carbocycles. The highest BCUT2D eigenvalue weighted by molar-refractivity contribution is 7.12. The molecule has 3 aromatic rings. The van der Waals surface area contributed by atoms with E-state index in [1.54, 1.807) is 11.3 Å². The average molecular weight is 281 g/mol. The van der Waals surface area contributed by atoms with Crippen LogP contribution < -0.4 is 5.73 Å². The molecule has 2 heterocycles. The number of hydrogen-bond donors (Lipinski definition) is 1. The van der Waals surface area contributed by atoms with Crippen LogP contribution in [-0.2, 0) is 13.0 Å². The third-order valence-corrected chi connectivity index (χ3v) is 4.11. The molecule has 1 aromatic carbocycles. The number of benzene rings is 1. The van der Waals surface area contributed by atoms with Crippen LogP contribution in [0.4, 0.5) is 0 Å². The predicted octanol–water partition coefficient (Wildman–Crippen LogP) is 3.25. The number of hydrogen-bond acceptors (Lipinski definition) is 4. The number of nitrogens with two attached hydrogens (primary N) is 1. The number of rotatable bonds is 4. The molecule has 0 spiro atoms. The monoisotopic (exact) mass is 281 g/mol. The van der Waals surface area contributed by atoms with Gasteiger partial charge in [0.2, 0.25) is 0 Å². The Balaban J connectivity index is 1.93. The summed E-state index contributed by atoms with van der Waals surface area (Å²) in [6, 6.07) is 16.1. The fourth-order valence-corrected chi connectivity index (χ4v) is 3.08. The first-order chi connectivity index (χ1) is 9.86. The molecule has 2 aromatic heterocycles. The minimum Gasteiger partial charge on any atom is -0.326 e. The number of aromatic nitrogens is 2. The Morgan fingerprint density at radius 1 is 1.00 bits per heavy atom. The van der Waals surface area contributed by atoms with Gasteiger partial charge >= 0.3 is 0 Å². The van der Waals surface area contributed by atoms with Gasteiger partial charge in [0.05, 0.1) is 10.7 Å². The van der Waals surface area contributed by atoms with Crippen LogP contribution in [0, 0.1) is 0 Å². The minimum absolute atomic E-state index is 0.518. The van der Waals surface area contributed by atoms with Gasteiger partial charge in [0.25, 0.3) is 0 Å². The van der Waals surface area contributed by atoms with Gasteiger partial charge in [-0.3, -0.25) is 4.98 Å². The fraction of sp³-hybridized carbons (Fsp3) is 0.125. The van der Waals surface area contributed by atoms with Crippen molar-refractivity contribution in [1.29, 1.82) is 0 Å². The molecule has 2 N–H and O–H groups in total. The maximum absolute atomic E-state index is 5.85. The molecule has 100 valence electrons. The van der Waals surface area contributed by atoms with E-state index >= 15 is 0 Å². The summed E-state index contributed by atoms with van der Waals surface area (Å²) in [4.78, 5) is 10.2. The first-order valence-electron chi connectivity index (χ1n) is 6.51. The molecule has 0 aliphatic rings. The molecular formula is C16H15N3S. The molecule has 4 heteroatoms. The van der Waals surface area contributed by atoms with Crippen molar-refractivity contribution in [2.75, 3.05) is 0 Å². The number of thiazole rings is 1. The lowest BCUT2D eigenvalue weighted by atomic mass is 10.1. The van der Waals surface area contributed by atoms with Crippen molar-refractivity contribution >= 4 is 11.3 Å². The molecule has 3 nitrogen and oxygen atoms in total. The molecule has 0 bridgehead atoms. The summed E-state index contributed by atoms with van der Waals surface area (Å²) in [7, 11) is 0. The summed E-state index contributed by atoms with van der Waals surface area (Å²) in [5.41, 5.74) is 9.01. The Morgan fingerprint density at radius 3 is 2.50 bits per heavy atom. The number of pyridine rings is 1. The quantitative estimate of drug-likeness (QED) is 0.798. The van der Waals surface area contributed by atoms with E-state index in [1.165, 1.54) is 0 Å². The minimum atomic E-state index is 0.518. The second-order valence-electron chi connectivity index (χ2n) is 4.45. The standard InChI is InChI=1S/C16H15N3S/c17-11-14-16(12-6-2-1-3-7-12)19-15(20-14)10-13-8-4-5-9-18-13/h1-9H,10-11,17H2. The molecule has 0 aliphatic heterocycles. The van der Waals surface area contributed by atoms with Crippen LogP contribution >= 0.6 is 11.3 Å². The van der Waals surface area contributed by atoms with E-state index in [0.717, 1.165) is 33.3 Å². The van der Waals surface area contributed by atoms with Crippen LogP contribution in [0.3, 0.4) is 0 Å². The lowest BCUT2D eigenvalue weighted by Gasteiger charge is -1.98. The van der Waals surface area contributed by atoms with E-state index in [0.29, 0.717) is 6.54 Å². The van der Waals surface area contributed by atoms with Crippen LogP contribution in [-0.4, -0.2) is 9.97 Å². The summed E-state index contributed by atoms with van der Waals surface area (Å²) < 4.78 is 0. The van der Waals surface area contributed by atoms with Gasteiger partial charge in [-0.25, -0.2) is 4.98 Å². The lowest BCUT2D eigenvalue weighted by molar-refractivity contribution is 1.05. The van der Waals surface area contributed by atoms with Gasteiger partial charge in [0, 0.05) is 35.3 Å². The average Bonchev–Trinajstić information content (AvgIpc) is 2.92. The van der Waals surface area contributed by atoms with Crippen LogP contribution in [0.25, 0.3) is 11.3 Å². The highest BCUT2D eigenvalue weighted by Crippen LogP contribution is 2.28. The maximum atomic E-state index is 5.85. The fourth-order valence-electron chi connectivity index (χ4n) is 2.09. The lowest BCUT2D eigenvalue weighted by Crippen LogP contribution is -1.95. The van der Waals surface area contributed by atoms with Gasteiger partial charge in [-0.15, -0.1) is 11.3 Å². The Kier molecular flexibility index (Phi) is 3.85. The normalized spacial score (nSPS) is 10.7. The highest BCUT2D eigenvalue weighted by Gasteiger charge is 2.12. The van der Waals surface area contributed by atoms with E-state index < -0.39 is 0 Å². The van der Waals surface area contributed by atoms with Crippen molar-refractivity contribution in [2.45, 2.75) is 13.0 Å². The predicted molar refractivity (Wildman–Crippen MR) is 82.5 cm³/mol. The molecule has 0 unspecified atom stereocenters. The molecule has 20 heavy (non-hydrogen) atoms. The summed E-state index contributed by atoms with van der Waals surface area (Å²) in [6.07, 6.45) is 2.57. The second-order valence-corrected chi connectivity index (χ2v) is 5.62. The SMILES string of the molecule is NCc1sc(Cc2ccccn2)nc1-c1ccccc1. The smallest absolute Gasteiger partial charge is 0.0995 e. The zero-order valence-electron chi connectivity index (χ0n) is 11.0. The van der Waals surface area contributed by atoms with Crippen molar-refractivity contribution in [1.82, 2.24) is 9.97 Å². The van der Waals surface area contributed by atoms with Gasteiger partial charge in [0.1, 0.15) is 0 Å². The maximum Gasteiger partial charge on any atom is 0.0995 e. The Bertz CT molecular complexity index is 677. The van der Waals surface area contributed by atoms with Gasteiger partial charge in [-0.2, -0.15) is 0 Å². The Labute approximate surface area is 122 Å². The van der Waals surface area contributed by atoms with Crippen LogP contribution in [0.15, 0.2) is 54.7 Å². The van der Waals surface area contributed by atoms with Crippen molar-refractivity contribution in [3.05, 3.63) is 70.3 Å². The third-order valence-electron chi connectivity index (χ3n) is 3.03. The van der Waals surface area contributed by atoms with E-state index in [2.05, 4.69) is 17.1 Å². The zero-order chi connectivity index (χ0) is 13.8. The first kappa shape index (κ1) is 13.0. The zero-order valence-corrected chi connectivity index (χ0v) is 11.8.